The predicted octanol–water partition coefficient (Wildman–Crippen LogP) is 4.93. The molecule has 0 fully saturated rings. The summed E-state index contributed by atoms with van der Waals surface area (Å²) in [5.41, 5.74) is 5.35. The third kappa shape index (κ3) is 2.21. The molecular formula is C21H18O3. The average molecular weight is 318 g/mol. The second-order valence-electron chi connectivity index (χ2n) is 5.67. The molecular weight excluding hydrogens is 300 g/mol. The molecule has 1 heterocycles. The van der Waals surface area contributed by atoms with E-state index in [-0.39, 0.29) is 0 Å². The van der Waals surface area contributed by atoms with Gasteiger partial charge in [0.05, 0.1) is 14.2 Å². The summed E-state index contributed by atoms with van der Waals surface area (Å²) >= 11 is 0. The van der Waals surface area contributed by atoms with Crippen molar-refractivity contribution in [3.63, 3.8) is 0 Å². The maximum atomic E-state index is 6.12. The van der Waals surface area contributed by atoms with Crippen LogP contribution in [0, 0.1) is 0 Å². The van der Waals surface area contributed by atoms with E-state index in [0.29, 0.717) is 6.61 Å². The molecule has 4 rings (SSSR count). The van der Waals surface area contributed by atoms with Crippen molar-refractivity contribution in [3.05, 3.63) is 66.2 Å². The quantitative estimate of drug-likeness (QED) is 0.685. The van der Waals surface area contributed by atoms with E-state index in [1.807, 2.05) is 36.4 Å². The van der Waals surface area contributed by atoms with Crippen LogP contribution in [-0.2, 0) is 6.61 Å². The second kappa shape index (κ2) is 5.93. The number of hydrogen-bond donors (Lipinski definition) is 0. The highest BCUT2D eigenvalue weighted by molar-refractivity contribution is 5.88. The molecule has 0 atom stereocenters. The lowest BCUT2D eigenvalue weighted by Crippen LogP contribution is -2.08. The van der Waals surface area contributed by atoms with Gasteiger partial charge in [-0.2, -0.15) is 0 Å². The monoisotopic (exact) mass is 318 g/mol. The number of para-hydroxylation sites is 2. The Morgan fingerprint density at radius 1 is 0.708 bits per heavy atom. The van der Waals surface area contributed by atoms with Crippen LogP contribution in [0.15, 0.2) is 60.7 Å². The van der Waals surface area contributed by atoms with Gasteiger partial charge in [0, 0.05) is 27.8 Å². The molecule has 3 nitrogen and oxygen atoms in total. The molecule has 0 aliphatic carbocycles. The molecule has 0 spiro atoms. The molecule has 0 radical (unpaired) electrons. The minimum Gasteiger partial charge on any atom is -0.496 e. The maximum Gasteiger partial charge on any atom is 0.135 e. The fourth-order valence-corrected chi connectivity index (χ4v) is 3.29. The summed E-state index contributed by atoms with van der Waals surface area (Å²) in [6, 6.07) is 20.3. The van der Waals surface area contributed by atoms with Crippen LogP contribution >= 0.6 is 0 Å². The average Bonchev–Trinajstić information content (AvgIpc) is 2.66. The molecule has 0 aromatic heterocycles. The van der Waals surface area contributed by atoms with Gasteiger partial charge >= 0.3 is 0 Å². The maximum absolute atomic E-state index is 6.12. The summed E-state index contributed by atoms with van der Waals surface area (Å²) in [7, 11) is 3.39. The SMILES string of the molecule is COc1ccccc1-c1cccc2c1OCc1cccc(OC)c1-2. The number of methoxy groups -OCH3 is 2. The third-order valence-corrected chi connectivity index (χ3v) is 4.39. The summed E-state index contributed by atoms with van der Waals surface area (Å²) < 4.78 is 17.2. The van der Waals surface area contributed by atoms with Crippen molar-refractivity contribution >= 4 is 0 Å². The number of ether oxygens (including phenoxy) is 3. The van der Waals surface area contributed by atoms with Crippen LogP contribution in [0.4, 0.5) is 0 Å². The predicted molar refractivity (Wildman–Crippen MR) is 94.8 cm³/mol. The van der Waals surface area contributed by atoms with Crippen molar-refractivity contribution in [2.24, 2.45) is 0 Å². The number of rotatable bonds is 3. The Morgan fingerprint density at radius 2 is 1.38 bits per heavy atom. The van der Waals surface area contributed by atoms with Crippen LogP contribution in [0.5, 0.6) is 17.2 Å². The van der Waals surface area contributed by atoms with Gasteiger partial charge < -0.3 is 14.2 Å². The van der Waals surface area contributed by atoms with Gasteiger partial charge in [-0.1, -0.05) is 48.5 Å². The molecule has 1 aliphatic heterocycles. The lowest BCUT2D eigenvalue weighted by atomic mass is 9.92. The van der Waals surface area contributed by atoms with Crippen LogP contribution in [0.1, 0.15) is 5.56 Å². The first kappa shape index (κ1) is 14.6. The lowest BCUT2D eigenvalue weighted by Gasteiger charge is -2.25. The van der Waals surface area contributed by atoms with Gasteiger partial charge in [-0.25, -0.2) is 0 Å². The summed E-state index contributed by atoms with van der Waals surface area (Å²) in [6.45, 7) is 0.533. The molecule has 3 heteroatoms. The minimum absolute atomic E-state index is 0.533. The lowest BCUT2D eigenvalue weighted by molar-refractivity contribution is 0.301. The molecule has 0 bridgehead atoms. The van der Waals surface area contributed by atoms with E-state index < -0.39 is 0 Å². The first-order valence-corrected chi connectivity index (χ1v) is 7.89. The van der Waals surface area contributed by atoms with Gasteiger partial charge in [-0.05, 0) is 12.1 Å². The zero-order valence-corrected chi connectivity index (χ0v) is 13.7. The van der Waals surface area contributed by atoms with Crippen LogP contribution in [0.25, 0.3) is 22.3 Å². The topological polar surface area (TPSA) is 27.7 Å². The second-order valence-corrected chi connectivity index (χ2v) is 5.67. The van der Waals surface area contributed by atoms with Crippen molar-refractivity contribution in [2.75, 3.05) is 14.2 Å². The Hall–Kier alpha value is -2.94. The third-order valence-electron chi connectivity index (χ3n) is 4.39. The van der Waals surface area contributed by atoms with Crippen molar-refractivity contribution < 1.29 is 14.2 Å². The first-order valence-electron chi connectivity index (χ1n) is 7.89. The van der Waals surface area contributed by atoms with Gasteiger partial charge in [-0.15, -0.1) is 0 Å². The van der Waals surface area contributed by atoms with E-state index in [1.54, 1.807) is 14.2 Å². The summed E-state index contributed by atoms with van der Waals surface area (Å²) in [4.78, 5) is 0. The van der Waals surface area contributed by atoms with E-state index >= 15 is 0 Å². The standard InChI is InChI=1S/C21H18O3/c1-22-18-11-4-3-8-15(18)16-9-6-10-17-20-14(13-24-21(16)17)7-5-12-19(20)23-2/h3-12H,13H2,1-2H3. The first-order chi connectivity index (χ1) is 11.8. The largest absolute Gasteiger partial charge is 0.496 e. The molecule has 0 amide bonds. The van der Waals surface area contributed by atoms with Crippen LogP contribution in [-0.4, -0.2) is 14.2 Å². The van der Waals surface area contributed by atoms with Crippen LogP contribution in [0.2, 0.25) is 0 Å². The Kier molecular flexibility index (Phi) is 3.62. The molecule has 1 aliphatic rings. The van der Waals surface area contributed by atoms with E-state index in [0.717, 1.165) is 45.1 Å². The molecule has 0 unspecified atom stereocenters. The Labute approximate surface area is 141 Å². The fraction of sp³-hybridized carbons (Fsp3) is 0.143. The molecule has 0 N–H and O–H groups in total. The molecule has 0 saturated carbocycles. The fourth-order valence-electron chi connectivity index (χ4n) is 3.29. The Bertz CT molecular complexity index is 871. The smallest absolute Gasteiger partial charge is 0.135 e. The van der Waals surface area contributed by atoms with Crippen LogP contribution in [0.3, 0.4) is 0 Å². The highest BCUT2D eigenvalue weighted by Gasteiger charge is 2.24. The normalized spacial score (nSPS) is 11.9. The van der Waals surface area contributed by atoms with Gasteiger partial charge in [0.15, 0.2) is 0 Å². The highest BCUT2D eigenvalue weighted by Crippen LogP contribution is 2.48. The number of fused-ring (bicyclic) bond motifs is 3. The zero-order valence-electron chi connectivity index (χ0n) is 13.7. The van der Waals surface area contributed by atoms with Gasteiger partial charge in [0.25, 0.3) is 0 Å². The van der Waals surface area contributed by atoms with E-state index in [2.05, 4.69) is 24.3 Å². The number of benzene rings is 3. The van der Waals surface area contributed by atoms with E-state index in [4.69, 9.17) is 14.2 Å². The van der Waals surface area contributed by atoms with Gasteiger partial charge in [0.1, 0.15) is 23.9 Å². The zero-order chi connectivity index (χ0) is 16.5. The summed E-state index contributed by atoms with van der Waals surface area (Å²) in [6.07, 6.45) is 0. The van der Waals surface area contributed by atoms with Crippen LogP contribution < -0.4 is 14.2 Å². The van der Waals surface area contributed by atoms with Crippen molar-refractivity contribution in [1.82, 2.24) is 0 Å². The Morgan fingerprint density at radius 3 is 2.21 bits per heavy atom. The molecule has 3 aromatic rings. The highest BCUT2D eigenvalue weighted by atomic mass is 16.5. The Balaban J connectivity index is 1.97. The van der Waals surface area contributed by atoms with Gasteiger partial charge in [0.2, 0.25) is 0 Å². The van der Waals surface area contributed by atoms with Crippen molar-refractivity contribution in [1.29, 1.82) is 0 Å². The van der Waals surface area contributed by atoms with Gasteiger partial charge in [-0.3, -0.25) is 0 Å². The van der Waals surface area contributed by atoms with Crippen molar-refractivity contribution in [2.45, 2.75) is 6.61 Å². The number of hydrogen-bond acceptors (Lipinski definition) is 3. The summed E-state index contributed by atoms with van der Waals surface area (Å²) in [5, 5.41) is 0. The molecule has 24 heavy (non-hydrogen) atoms. The molecule has 120 valence electrons. The van der Waals surface area contributed by atoms with E-state index in [9.17, 15) is 0 Å². The molecule has 0 saturated heterocycles. The van der Waals surface area contributed by atoms with Crippen molar-refractivity contribution in [3.8, 4) is 39.5 Å². The molecule has 3 aromatic carbocycles. The summed E-state index contributed by atoms with van der Waals surface area (Å²) in [5.74, 6) is 2.58. The minimum atomic E-state index is 0.533. The van der Waals surface area contributed by atoms with E-state index in [1.165, 1.54) is 0 Å².